The number of nitrogens with two attached hydrogens (primary N) is 1. The third-order valence-electron chi connectivity index (χ3n) is 5.01. The van der Waals surface area contributed by atoms with E-state index in [9.17, 15) is 4.39 Å². The van der Waals surface area contributed by atoms with E-state index in [1.54, 1.807) is 0 Å². The highest BCUT2D eigenvalue weighted by atomic mass is 19.1. The molecular formula is C19H22FN. The maximum Gasteiger partial charge on any atom is 0.123 e. The van der Waals surface area contributed by atoms with Gasteiger partial charge in [-0.3, -0.25) is 0 Å². The molecule has 0 aromatic heterocycles. The lowest BCUT2D eigenvalue weighted by atomic mass is 9.69. The van der Waals surface area contributed by atoms with Gasteiger partial charge in [0.1, 0.15) is 5.82 Å². The number of benzene rings is 2. The summed E-state index contributed by atoms with van der Waals surface area (Å²) in [6.45, 7) is 4.30. The van der Waals surface area contributed by atoms with Gasteiger partial charge in [0.2, 0.25) is 0 Å². The number of rotatable bonds is 4. The second-order valence-corrected chi connectivity index (χ2v) is 6.67. The van der Waals surface area contributed by atoms with Gasteiger partial charge in [0.25, 0.3) is 0 Å². The molecule has 0 saturated carbocycles. The molecule has 2 N–H and O–H groups in total. The van der Waals surface area contributed by atoms with Crippen molar-refractivity contribution < 1.29 is 4.39 Å². The Bertz CT molecular complexity index is 630. The second-order valence-electron chi connectivity index (χ2n) is 6.67. The molecule has 0 amide bonds. The molecule has 0 aliphatic heterocycles. The van der Waals surface area contributed by atoms with Crippen LogP contribution in [0.4, 0.5) is 4.39 Å². The fourth-order valence-electron chi connectivity index (χ4n) is 3.27. The first-order valence-electron chi connectivity index (χ1n) is 7.58. The van der Waals surface area contributed by atoms with E-state index in [4.69, 9.17) is 5.73 Å². The van der Waals surface area contributed by atoms with E-state index < -0.39 is 0 Å². The summed E-state index contributed by atoms with van der Waals surface area (Å²) in [5.41, 5.74) is 10.3. The van der Waals surface area contributed by atoms with E-state index >= 15 is 0 Å². The molecule has 110 valence electrons. The lowest BCUT2D eigenvalue weighted by Gasteiger charge is -2.38. The third-order valence-corrected chi connectivity index (χ3v) is 5.01. The van der Waals surface area contributed by atoms with Crippen molar-refractivity contribution in [2.24, 2.45) is 5.73 Å². The van der Waals surface area contributed by atoms with Crippen LogP contribution in [0, 0.1) is 5.82 Å². The molecule has 0 fully saturated rings. The molecular weight excluding hydrogens is 261 g/mol. The minimum atomic E-state index is -0.198. The molecule has 1 nitrogen and oxygen atoms in total. The molecule has 2 atom stereocenters. The average Bonchev–Trinajstić information content (AvgIpc) is 2.45. The molecule has 2 aromatic rings. The van der Waals surface area contributed by atoms with Crippen LogP contribution in [0.1, 0.15) is 42.9 Å². The molecule has 0 saturated heterocycles. The Morgan fingerprint density at radius 3 is 2.48 bits per heavy atom. The summed E-state index contributed by atoms with van der Waals surface area (Å²) in [7, 11) is 0. The standard InChI is InChI=1S/C19H22FN/c1-19(2,15-7-9-16(20)10-8-15)18(21)12-14-11-13-5-3-4-6-17(13)14/h3-10,14,18H,11-12,21H2,1-2H3. The van der Waals surface area contributed by atoms with Crippen LogP contribution in [0.5, 0.6) is 0 Å². The fourth-order valence-corrected chi connectivity index (χ4v) is 3.27. The average molecular weight is 283 g/mol. The van der Waals surface area contributed by atoms with Crippen LogP contribution >= 0.6 is 0 Å². The van der Waals surface area contributed by atoms with E-state index in [0.29, 0.717) is 5.92 Å². The van der Waals surface area contributed by atoms with Crippen LogP contribution in [-0.4, -0.2) is 6.04 Å². The Labute approximate surface area is 126 Å². The fraction of sp³-hybridized carbons (Fsp3) is 0.368. The molecule has 0 heterocycles. The predicted octanol–water partition coefficient (Wildman–Crippen LogP) is 4.16. The van der Waals surface area contributed by atoms with Crippen LogP contribution in [0.25, 0.3) is 0 Å². The topological polar surface area (TPSA) is 26.0 Å². The van der Waals surface area contributed by atoms with Crippen molar-refractivity contribution >= 4 is 0 Å². The first-order chi connectivity index (χ1) is 9.98. The van der Waals surface area contributed by atoms with Crippen LogP contribution < -0.4 is 5.73 Å². The number of hydrogen-bond acceptors (Lipinski definition) is 1. The van der Waals surface area contributed by atoms with Crippen LogP contribution in [0.3, 0.4) is 0 Å². The molecule has 21 heavy (non-hydrogen) atoms. The minimum absolute atomic E-state index is 0.0568. The first-order valence-corrected chi connectivity index (χ1v) is 7.58. The zero-order valence-corrected chi connectivity index (χ0v) is 12.6. The van der Waals surface area contributed by atoms with Crippen molar-refractivity contribution in [2.45, 2.75) is 44.1 Å². The molecule has 2 unspecified atom stereocenters. The summed E-state index contributed by atoms with van der Waals surface area (Å²) in [5.74, 6) is 0.368. The maximum atomic E-state index is 13.1. The van der Waals surface area contributed by atoms with Crippen molar-refractivity contribution in [3.8, 4) is 0 Å². The maximum absolute atomic E-state index is 13.1. The van der Waals surface area contributed by atoms with Crippen LogP contribution in [0.2, 0.25) is 0 Å². The van der Waals surface area contributed by atoms with E-state index in [2.05, 4.69) is 38.1 Å². The summed E-state index contributed by atoms with van der Waals surface area (Å²) >= 11 is 0. The zero-order valence-electron chi connectivity index (χ0n) is 12.6. The van der Waals surface area contributed by atoms with Gasteiger partial charge in [0, 0.05) is 11.5 Å². The van der Waals surface area contributed by atoms with E-state index in [1.165, 1.54) is 23.3 Å². The zero-order chi connectivity index (χ0) is 15.0. The highest BCUT2D eigenvalue weighted by molar-refractivity contribution is 5.40. The van der Waals surface area contributed by atoms with E-state index in [-0.39, 0.29) is 17.3 Å². The summed E-state index contributed by atoms with van der Waals surface area (Å²) in [4.78, 5) is 0. The third kappa shape index (κ3) is 2.60. The Morgan fingerprint density at radius 1 is 1.14 bits per heavy atom. The number of hydrogen-bond donors (Lipinski definition) is 1. The van der Waals surface area contributed by atoms with Crippen molar-refractivity contribution in [3.05, 3.63) is 71.0 Å². The lowest BCUT2D eigenvalue weighted by Crippen LogP contribution is -2.43. The normalized spacial score (nSPS) is 18.8. The molecule has 0 radical (unpaired) electrons. The van der Waals surface area contributed by atoms with Crippen LogP contribution in [0.15, 0.2) is 48.5 Å². The molecule has 1 aliphatic carbocycles. The Hall–Kier alpha value is -1.67. The van der Waals surface area contributed by atoms with Gasteiger partial charge >= 0.3 is 0 Å². The SMILES string of the molecule is CC(C)(c1ccc(F)cc1)C(N)CC1Cc2ccccc21. The molecule has 2 aromatic carbocycles. The highest BCUT2D eigenvalue weighted by Crippen LogP contribution is 2.40. The summed E-state index contributed by atoms with van der Waals surface area (Å²) in [5, 5.41) is 0. The lowest BCUT2D eigenvalue weighted by molar-refractivity contribution is 0.352. The van der Waals surface area contributed by atoms with Crippen molar-refractivity contribution in [3.63, 3.8) is 0 Å². The molecule has 0 bridgehead atoms. The summed E-state index contributed by atoms with van der Waals surface area (Å²) < 4.78 is 13.1. The number of halogens is 1. The Morgan fingerprint density at radius 2 is 1.81 bits per heavy atom. The Balaban J connectivity index is 1.73. The van der Waals surface area contributed by atoms with E-state index in [1.807, 2.05) is 12.1 Å². The quantitative estimate of drug-likeness (QED) is 0.895. The van der Waals surface area contributed by atoms with Gasteiger partial charge in [-0.2, -0.15) is 0 Å². The monoisotopic (exact) mass is 283 g/mol. The molecule has 0 spiro atoms. The van der Waals surface area contributed by atoms with Crippen molar-refractivity contribution in [1.29, 1.82) is 0 Å². The molecule has 2 heteroatoms. The van der Waals surface area contributed by atoms with Gasteiger partial charge in [-0.25, -0.2) is 4.39 Å². The Kier molecular flexibility index (Phi) is 3.58. The molecule has 3 rings (SSSR count). The van der Waals surface area contributed by atoms with E-state index in [0.717, 1.165) is 18.4 Å². The van der Waals surface area contributed by atoms with Gasteiger partial charge in [-0.15, -0.1) is 0 Å². The smallest absolute Gasteiger partial charge is 0.123 e. The van der Waals surface area contributed by atoms with Gasteiger partial charge in [0.15, 0.2) is 0 Å². The van der Waals surface area contributed by atoms with Gasteiger partial charge in [-0.1, -0.05) is 50.2 Å². The highest BCUT2D eigenvalue weighted by Gasteiger charge is 2.34. The van der Waals surface area contributed by atoms with Crippen molar-refractivity contribution in [2.75, 3.05) is 0 Å². The first kappa shape index (κ1) is 14.3. The summed E-state index contributed by atoms with van der Waals surface area (Å²) in [6.07, 6.45) is 2.10. The van der Waals surface area contributed by atoms with Gasteiger partial charge in [-0.05, 0) is 47.6 Å². The molecule has 1 aliphatic rings. The van der Waals surface area contributed by atoms with Gasteiger partial charge in [0.05, 0.1) is 0 Å². The van der Waals surface area contributed by atoms with Crippen LogP contribution in [-0.2, 0) is 11.8 Å². The summed E-state index contributed by atoms with van der Waals surface area (Å²) in [6, 6.07) is 15.4. The van der Waals surface area contributed by atoms with Gasteiger partial charge < -0.3 is 5.73 Å². The second kappa shape index (κ2) is 5.27. The predicted molar refractivity (Wildman–Crippen MR) is 84.9 cm³/mol. The largest absolute Gasteiger partial charge is 0.327 e. The minimum Gasteiger partial charge on any atom is -0.327 e. The van der Waals surface area contributed by atoms with Crippen molar-refractivity contribution in [1.82, 2.24) is 0 Å². The number of fused-ring (bicyclic) bond motifs is 1.